The fourth-order valence-corrected chi connectivity index (χ4v) is 2.54. The lowest BCUT2D eigenvalue weighted by atomic mass is 10.1. The van der Waals surface area contributed by atoms with Gasteiger partial charge in [-0.2, -0.15) is 0 Å². The molecule has 120 valence electrons. The molecule has 3 N–H and O–H groups in total. The fraction of sp³-hybridized carbons (Fsp3) is 0.250. The van der Waals surface area contributed by atoms with Gasteiger partial charge in [0, 0.05) is 24.8 Å². The third kappa shape index (κ3) is 3.04. The van der Waals surface area contributed by atoms with E-state index < -0.39 is 22.8 Å². The Morgan fingerprint density at radius 2 is 1.83 bits per heavy atom. The van der Waals surface area contributed by atoms with E-state index in [1.54, 1.807) is 12.1 Å². The molecule has 0 radical (unpaired) electrons. The number of benzene rings is 1. The van der Waals surface area contributed by atoms with E-state index in [1.165, 1.54) is 6.07 Å². The first kappa shape index (κ1) is 15.1. The summed E-state index contributed by atoms with van der Waals surface area (Å²) in [5.74, 6) is -2.17. The molecule has 0 aliphatic carbocycles. The van der Waals surface area contributed by atoms with Gasteiger partial charge in [0.15, 0.2) is 11.4 Å². The van der Waals surface area contributed by atoms with Gasteiger partial charge in [-0.25, -0.2) is 4.79 Å². The largest absolute Gasteiger partial charge is 0.502 e. The molecule has 7 heteroatoms. The second-order valence-corrected chi connectivity index (χ2v) is 5.22. The van der Waals surface area contributed by atoms with Gasteiger partial charge < -0.3 is 24.8 Å². The predicted molar refractivity (Wildman–Crippen MR) is 84.2 cm³/mol. The van der Waals surface area contributed by atoms with Gasteiger partial charge in [0.2, 0.25) is 5.43 Å². The van der Waals surface area contributed by atoms with Crippen molar-refractivity contribution in [2.75, 3.05) is 31.2 Å². The van der Waals surface area contributed by atoms with Gasteiger partial charge in [-0.05, 0) is 17.7 Å². The van der Waals surface area contributed by atoms with Crippen LogP contribution in [0.2, 0.25) is 0 Å². The third-order valence-electron chi connectivity index (χ3n) is 3.77. The molecule has 0 amide bonds. The van der Waals surface area contributed by atoms with Crippen LogP contribution in [0, 0.1) is 0 Å². The molecule has 0 unspecified atom stereocenters. The van der Waals surface area contributed by atoms with E-state index >= 15 is 0 Å². The number of rotatable bonds is 3. The Hall–Kier alpha value is -2.80. The highest BCUT2D eigenvalue weighted by Crippen LogP contribution is 2.23. The van der Waals surface area contributed by atoms with Crippen molar-refractivity contribution in [3.05, 3.63) is 46.2 Å². The summed E-state index contributed by atoms with van der Waals surface area (Å²) in [6, 6.07) is 8.61. The molecular formula is C16H16N2O5. The van der Waals surface area contributed by atoms with Crippen molar-refractivity contribution in [2.45, 2.75) is 0 Å². The Balaban J connectivity index is 1.93. The van der Waals surface area contributed by atoms with Crippen molar-refractivity contribution in [1.82, 2.24) is 4.98 Å². The van der Waals surface area contributed by atoms with Crippen molar-refractivity contribution in [3.8, 4) is 17.0 Å². The summed E-state index contributed by atoms with van der Waals surface area (Å²) in [6.07, 6.45) is 0. The first-order valence-electron chi connectivity index (χ1n) is 7.19. The molecule has 3 rings (SSSR count). The van der Waals surface area contributed by atoms with Crippen molar-refractivity contribution in [1.29, 1.82) is 0 Å². The molecule has 2 aromatic rings. The molecular weight excluding hydrogens is 300 g/mol. The molecule has 1 saturated heterocycles. The second kappa shape index (κ2) is 6.13. The summed E-state index contributed by atoms with van der Waals surface area (Å²) in [6.45, 7) is 3.01. The number of aromatic hydroxyl groups is 1. The zero-order chi connectivity index (χ0) is 16.4. The molecule has 2 heterocycles. The van der Waals surface area contributed by atoms with Gasteiger partial charge in [0.25, 0.3) is 0 Å². The maximum absolute atomic E-state index is 11.7. The van der Waals surface area contributed by atoms with Gasteiger partial charge in [-0.15, -0.1) is 0 Å². The van der Waals surface area contributed by atoms with E-state index in [1.807, 2.05) is 12.1 Å². The summed E-state index contributed by atoms with van der Waals surface area (Å²) < 4.78 is 5.31. The van der Waals surface area contributed by atoms with E-state index in [0.29, 0.717) is 24.5 Å². The quantitative estimate of drug-likeness (QED) is 0.788. The Labute approximate surface area is 131 Å². The molecule has 0 bridgehead atoms. The van der Waals surface area contributed by atoms with E-state index in [4.69, 9.17) is 9.84 Å². The first-order chi connectivity index (χ1) is 11.1. The Bertz CT molecular complexity index is 776. The zero-order valence-corrected chi connectivity index (χ0v) is 12.3. The molecule has 1 aliphatic rings. The highest BCUT2D eigenvalue weighted by molar-refractivity contribution is 5.89. The number of H-pyrrole nitrogens is 1. The van der Waals surface area contributed by atoms with Crippen molar-refractivity contribution in [3.63, 3.8) is 0 Å². The van der Waals surface area contributed by atoms with Crippen LogP contribution >= 0.6 is 0 Å². The number of aromatic amines is 1. The number of anilines is 1. The summed E-state index contributed by atoms with van der Waals surface area (Å²) >= 11 is 0. The van der Waals surface area contributed by atoms with Crippen molar-refractivity contribution >= 4 is 11.7 Å². The average Bonchev–Trinajstić information content (AvgIpc) is 2.58. The number of hydrogen-bond donors (Lipinski definition) is 3. The number of morpholine rings is 1. The highest BCUT2D eigenvalue weighted by Gasteiger charge is 2.16. The van der Waals surface area contributed by atoms with Crippen LogP contribution in [0.25, 0.3) is 11.3 Å². The van der Waals surface area contributed by atoms with E-state index in [9.17, 15) is 14.7 Å². The number of carboxylic acids is 1. The molecule has 0 spiro atoms. The van der Waals surface area contributed by atoms with Crippen LogP contribution in [-0.2, 0) is 4.74 Å². The fourth-order valence-electron chi connectivity index (χ4n) is 2.54. The summed E-state index contributed by atoms with van der Waals surface area (Å²) in [5.41, 5.74) is 0.815. The topological polar surface area (TPSA) is 103 Å². The molecule has 1 aliphatic heterocycles. The third-order valence-corrected chi connectivity index (χ3v) is 3.77. The molecule has 1 aromatic heterocycles. The van der Waals surface area contributed by atoms with Gasteiger partial charge >= 0.3 is 5.97 Å². The van der Waals surface area contributed by atoms with Crippen molar-refractivity contribution in [2.24, 2.45) is 0 Å². The van der Waals surface area contributed by atoms with E-state index in [2.05, 4.69) is 9.88 Å². The standard InChI is InChI=1S/C16H16N2O5/c19-13-9-12(17-14(15(13)20)16(21)22)10-1-3-11(4-2-10)18-5-7-23-8-6-18/h1-4,9,20H,5-8H2,(H,17,19)(H,21,22). The van der Waals surface area contributed by atoms with Crippen LogP contribution in [-0.4, -0.2) is 47.5 Å². The van der Waals surface area contributed by atoms with Crippen molar-refractivity contribution < 1.29 is 19.7 Å². The highest BCUT2D eigenvalue weighted by atomic mass is 16.5. The summed E-state index contributed by atoms with van der Waals surface area (Å²) in [7, 11) is 0. The normalized spacial score (nSPS) is 14.7. The first-order valence-corrected chi connectivity index (χ1v) is 7.19. The average molecular weight is 316 g/mol. The minimum absolute atomic E-state index is 0.346. The SMILES string of the molecule is O=C(O)c1[nH]c(-c2ccc(N3CCOCC3)cc2)cc(=O)c1O. The number of aromatic nitrogens is 1. The van der Waals surface area contributed by atoms with E-state index in [-0.39, 0.29) is 0 Å². The molecule has 23 heavy (non-hydrogen) atoms. The minimum Gasteiger partial charge on any atom is -0.502 e. The molecule has 1 aromatic carbocycles. The number of hydrogen-bond acceptors (Lipinski definition) is 5. The summed E-state index contributed by atoms with van der Waals surface area (Å²) in [5, 5.41) is 18.5. The molecule has 0 saturated carbocycles. The number of pyridine rings is 1. The number of carbonyl (C=O) groups is 1. The number of ether oxygens (including phenoxy) is 1. The van der Waals surface area contributed by atoms with Crippen LogP contribution in [0.5, 0.6) is 5.75 Å². The lowest BCUT2D eigenvalue weighted by molar-refractivity contribution is 0.0687. The monoisotopic (exact) mass is 316 g/mol. The minimum atomic E-state index is -1.38. The molecule has 0 atom stereocenters. The molecule has 7 nitrogen and oxygen atoms in total. The van der Waals surface area contributed by atoms with E-state index in [0.717, 1.165) is 18.8 Å². The Morgan fingerprint density at radius 1 is 1.17 bits per heavy atom. The second-order valence-electron chi connectivity index (χ2n) is 5.22. The van der Waals surface area contributed by atoms with Gasteiger partial charge in [-0.1, -0.05) is 12.1 Å². The summed E-state index contributed by atoms with van der Waals surface area (Å²) in [4.78, 5) is 27.5. The maximum atomic E-state index is 11.7. The Morgan fingerprint density at radius 3 is 2.43 bits per heavy atom. The number of carboxylic acid groups (broad SMARTS) is 1. The van der Waals surface area contributed by atoms with Gasteiger partial charge in [0.1, 0.15) is 0 Å². The van der Waals surface area contributed by atoms with Crippen LogP contribution in [0.15, 0.2) is 35.1 Å². The van der Waals surface area contributed by atoms with Crippen LogP contribution in [0.1, 0.15) is 10.5 Å². The van der Waals surface area contributed by atoms with Crippen LogP contribution < -0.4 is 10.3 Å². The maximum Gasteiger partial charge on any atom is 0.356 e. The number of nitrogens with one attached hydrogen (secondary N) is 1. The van der Waals surface area contributed by atoms with Gasteiger partial charge in [-0.3, -0.25) is 4.79 Å². The lowest BCUT2D eigenvalue weighted by Crippen LogP contribution is -2.36. The lowest BCUT2D eigenvalue weighted by Gasteiger charge is -2.28. The van der Waals surface area contributed by atoms with Crippen LogP contribution in [0.4, 0.5) is 5.69 Å². The number of nitrogens with zero attached hydrogens (tertiary/aromatic N) is 1. The zero-order valence-electron chi connectivity index (χ0n) is 12.3. The van der Waals surface area contributed by atoms with Gasteiger partial charge in [0.05, 0.1) is 18.9 Å². The predicted octanol–water partition coefficient (Wildman–Crippen LogP) is 1.28. The van der Waals surface area contributed by atoms with Crippen LogP contribution in [0.3, 0.4) is 0 Å². The smallest absolute Gasteiger partial charge is 0.356 e. The molecule has 1 fully saturated rings. The number of aromatic carboxylic acids is 1. The Kier molecular flexibility index (Phi) is 4.03.